The van der Waals surface area contributed by atoms with E-state index in [1.165, 1.54) is 12.8 Å². The van der Waals surface area contributed by atoms with E-state index in [2.05, 4.69) is 17.2 Å². The van der Waals surface area contributed by atoms with Crippen molar-refractivity contribution in [3.8, 4) is 0 Å². The van der Waals surface area contributed by atoms with Crippen LogP contribution in [0.3, 0.4) is 0 Å². The monoisotopic (exact) mass is 490 g/mol. The molecule has 0 bridgehead atoms. The fourth-order valence-corrected chi connectivity index (χ4v) is 6.03. The van der Waals surface area contributed by atoms with Gasteiger partial charge in [0.15, 0.2) is 0 Å². The lowest BCUT2D eigenvalue weighted by atomic mass is 9.92. The molecule has 8 heteroatoms. The highest BCUT2D eigenvalue weighted by Gasteiger charge is 2.36. The third-order valence-electron chi connectivity index (χ3n) is 8.21. The summed E-state index contributed by atoms with van der Waals surface area (Å²) in [5.74, 6) is -1.04. The number of nitrogens with zero attached hydrogens (tertiary/aromatic N) is 2. The van der Waals surface area contributed by atoms with Crippen LogP contribution in [-0.2, 0) is 4.79 Å². The molecule has 3 N–H and O–H groups in total. The van der Waals surface area contributed by atoms with Gasteiger partial charge in [-0.15, -0.1) is 0 Å². The van der Waals surface area contributed by atoms with Gasteiger partial charge < -0.3 is 25.5 Å². The largest absolute Gasteiger partial charge is 0.478 e. The lowest BCUT2D eigenvalue weighted by Gasteiger charge is -2.44. The molecule has 0 spiro atoms. The molecular weight excluding hydrogens is 444 g/mol. The Morgan fingerprint density at radius 1 is 0.857 bits per heavy atom. The fourth-order valence-electron chi connectivity index (χ4n) is 6.03. The molecule has 3 aliphatic rings. The first kappa shape index (κ1) is 27.3. The fraction of sp³-hybridized carbons (Fsp3) is 0.815. The van der Waals surface area contributed by atoms with Crippen molar-refractivity contribution in [2.45, 2.75) is 133 Å². The minimum atomic E-state index is -1.04. The summed E-state index contributed by atoms with van der Waals surface area (Å²) in [5.41, 5.74) is 0.0983. The number of carboxylic acids is 1. The Morgan fingerprint density at radius 3 is 1.91 bits per heavy atom. The van der Waals surface area contributed by atoms with Crippen LogP contribution in [0.4, 0.5) is 9.59 Å². The number of hydrogen-bond acceptors (Lipinski definition) is 3. The maximum absolute atomic E-state index is 14.0. The van der Waals surface area contributed by atoms with Gasteiger partial charge in [0, 0.05) is 30.7 Å². The van der Waals surface area contributed by atoms with E-state index in [0.29, 0.717) is 6.42 Å². The summed E-state index contributed by atoms with van der Waals surface area (Å²) < 4.78 is 0. The molecule has 3 fully saturated rings. The highest BCUT2D eigenvalue weighted by molar-refractivity contribution is 5.85. The van der Waals surface area contributed by atoms with E-state index in [4.69, 9.17) is 0 Å². The molecule has 0 aromatic heterocycles. The Kier molecular flexibility index (Phi) is 10.7. The molecule has 8 nitrogen and oxygen atoms in total. The van der Waals surface area contributed by atoms with Crippen LogP contribution in [0.15, 0.2) is 12.2 Å². The molecule has 35 heavy (non-hydrogen) atoms. The Balaban J connectivity index is 1.79. The molecule has 3 rings (SSSR count). The van der Waals surface area contributed by atoms with Crippen LogP contribution < -0.4 is 10.6 Å². The van der Waals surface area contributed by atoms with Crippen molar-refractivity contribution in [3.63, 3.8) is 0 Å². The average molecular weight is 491 g/mol. The minimum absolute atomic E-state index is 0.0420. The van der Waals surface area contributed by atoms with Crippen LogP contribution in [0.25, 0.3) is 0 Å². The SMILES string of the molecule is C=C(CCC(NC(=O)NC1CCCCC1)N(C(=O)N(C)C1CCCCC1)C1CCCCC1)C(=O)O. The number of amides is 4. The zero-order chi connectivity index (χ0) is 25.2. The quantitative estimate of drug-likeness (QED) is 0.298. The predicted molar refractivity (Wildman–Crippen MR) is 137 cm³/mol. The first-order valence-corrected chi connectivity index (χ1v) is 13.9. The standard InChI is InChI=1S/C27H46N4O4/c1-20(25(32)33)18-19-24(29-26(34)28-21-12-6-3-7-13-21)31(23-16-10-5-11-17-23)27(35)30(2)22-14-8-4-9-15-22/h21-24H,1,3-19H2,2H3,(H,32,33)(H2,28,29,34). The van der Waals surface area contributed by atoms with Crippen molar-refractivity contribution in [3.05, 3.63) is 12.2 Å². The summed E-state index contributed by atoms with van der Waals surface area (Å²) in [6.07, 6.45) is 16.0. The third-order valence-corrected chi connectivity index (χ3v) is 8.21. The van der Waals surface area contributed by atoms with E-state index in [1.54, 1.807) is 0 Å². The van der Waals surface area contributed by atoms with Crippen LogP contribution in [0.2, 0.25) is 0 Å². The van der Waals surface area contributed by atoms with Crippen molar-refractivity contribution < 1.29 is 19.5 Å². The van der Waals surface area contributed by atoms with Crippen molar-refractivity contribution in [2.24, 2.45) is 0 Å². The van der Waals surface area contributed by atoms with E-state index in [0.717, 1.165) is 83.5 Å². The molecule has 0 heterocycles. The Bertz CT molecular complexity index is 725. The van der Waals surface area contributed by atoms with Crippen LogP contribution in [0.5, 0.6) is 0 Å². The third kappa shape index (κ3) is 8.14. The highest BCUT2D eigenvalue weighted by atomic mass is 16.4. The first-order chi connectivity index (χ1) is 16.9. The molecule has 1 unspecified atom stereocenters. The van der Waals surface area contributed by atoms with Gasteiger partial charge in [-0.1, -0.05) is 64.4 Å². The van der Waals surface area contributed by atoms with Crippen LogP contribution in [0, 0.1) is 0 Å². The molecule has 0 aromatic carbocycles. The van der Waals surface area contributed by atoms with Crippen LogP contribution in [-0.4, -0.2) is 64.3 Å². The number of aliphatic carboxylic acids is 1. The summed E-state index contributed by atoms with van der Waals surface area (Å²) in [4.78, 5) is 42.2. The lowest BCUT2D eigenvalue weighted by molar-refractivity contribution is -0.132. The van der Waals surface area contributed by atoms with Gasteiger partial charge in [-0.05, 0) is 51.4 Å². The second-order valence-electron chi connectivity index (χ2n) is 10.8. The number of carbonyl (C=O) groups excluding carboxylic acids is 2. The van der Waals surface area contributed by atoms with Gasteiger partial charge in [0.2, 0.25) is 0 Å². The summed E-state index contributed by atoms with van der Waals surface area (Å²) >= 11 is 0. The molecular formula is C27H46N4O4. The van der Waals surface area contributed by atoms with E-state index in [1.807, 2.05) is 16.8 Å². The summed E-state index contributed by atoms with van der Waals surface area (Å²) in [5, 5.41) is 15.6. The van der Waals surface area contributed by atoms with Gasteiger partial charge in [0.05, 0.1) is 0 Å². The van der Waals surface area contributed by atoms with Crippen LogP contribution >= 0.6 is 0 Å². The number of carbonyl (C=O) groups is 3. The van der Waals surface area contributed by atoms with Gasteiger partial charge in [-0.25, -0.2) is 14.4 Å². The van der Waals surface area contributed by atoms with Crippen LogP contribution in [0.1, 0.15) is 109 Å². The van der Waals surface area contributed by atoms with E-state index in [-0.39, 0.29) is 42.2 Å². The number of urea groups is 2. The first-order valence-electron chi connectivity index (χ1n) is 13.9. The van der Waals surface area contributed by atoms with Gasteiger partial charge >= 0.3 is 18.0 Å². The van der Waals surface area contributed by atoms with Crippen molar-refractivity contribution in [2.75, 3.05) is 7.05 Å². The second kappa shape index (κ2) is 13.7. The molecule has 3 aliphatic carbocycles. The van der Waals surface area contributed by atoms with E-state index >= 15 is 0 Å². The number of carboxylic acid groups (broad SMARTS) is 1. The number of nitrogens with one attached hydrogen (secondary N) is 2. The van der Waals surface area contributed by atoms with Gasteiger partial charge in [0.1, 0.15) is 6.17 Å². The molecule has 4 amide bonds. The smallest absolute Gasteiger partial charge is 0.330 e. The zero-order valence-electron chi connectivity index (χ0n) is 21.6. The molecule has 0 aromatic rings. The Morgan fingerprint density at radius 2 is 1.37 bits per heavy atom. The number of rotatable bonds is 9. The predicted octanol–water partition coefficient (Wildman–Crippen LogP) is 5.38. The van der Waals surface area contributed by atoms with Crippen molar-refractivity contribution >= 4 is 18.0 Å². The molecule has 0 aliphatic heterocycles. The number of hydrogen-bond donors (Lipinski definition) is 3. The zero-order valence-corrected chi connectivity index (χ0v) is 21.6. The average Bonchev–Trinajstić information content (AvgIpc) is 2.88. The Hall–Kier alpha value is -2.25. The highest BCUT2D eigenvalue weighted by Crippen LogP contribution is 2.29. The van der Waals surface area contributed by atoms with Gasteiger partial charge in [-0.2, -0.15) is 0 Å². The normalized spacial score (nSPS) is 21.1. The van der Waals surface area contributed by atoms with Crippen molar-refractivity contribution in [1.29, 1.82) is 0 Å². The van der Waals surface area contributed by atoms with Gasteiger partial charge in [-0.3, -0.25) is 0 Å². The maximum Gasteiger partial charge on any atom is 0.330 e. The Labute approximate surface area is 210 Å². The lowest BCUT2D eigenvalue weighted by Crippen LogP contribution is -2.61. The minimum Gasteiger partial charge on any atom is -0.478 e. The summed E-state index contributed by atoms with van der Waals surface area (Å²) in [6.45, 7) is 3.68. The summed E-state index contributed by atoms with van der Waals surface area (Å²) in [7, 11) is 1.89. The molecule has 0 radical (unpaired) electrons. The molecule has 3 saturated carbocycles. The van der Waals surface area contributed by atoms with E-state index in [9.17, 15) is 19.5 Å². The summed E-state index contributed by atoms with van der Waals surface area (Å²) in [6, 6.07) is 0.0972. The molecule has 1 atom stereocenters. The molecule has 0 saturated heterocycles. The maximum atomic E-state index is 14.0. The van der Waals surface area contributed by atoms with E-state index < -0.39 is 12.1 Å². The topological polar surface area (TPSA) is 102 Å². The van der Waals surface area contributed by atoms with Gasteiger partial charge in [0.25, 0.3) is 0 Å². The second-order valence-corrected chi connectivity index (χ2v) is 10.8. The molecule has 198 valence electrons. The van der Waals surface area contributed by atoms with Crippen molar-refractivity contribution in [1.82, 2.24) is 20.4 Å².